The van der Waals surface area contributed by atoms with Gasteiger partial charge in [0.25, 0.3) is 12.4 Å². The first-order valence-corrected chi connectivity index (χ1v) is 20.3. The Balaban J connectivity index is 0.00000145. The second-order valence-corrected chi connectivity index (χ2v) is 16.8. The van der Waals surface area contributed by atoms with Gasteiger partial charge >= 0.3 is 0 Å². The predicted octanol–water partition coefficient (Wildman–Crippen LogP) is 4.61. The summed E-state index contributed by atoms with van der Waals surface area (Å²) in [6.07, 6.45) is 2.76. The lowest BCUT2D eigenvalue weighted by molar-refractivity contribution is -0.138. The van der Waals surface area contributed by atoms with E-state index in [0.717, 1.165) is 67.0 Å². The van der Waals surface area contributed by atoms with E-state index >= 15 is 0 Å². The van der Waals surface area contributed by atoms with Gasteiger partial charge < -0.3 is 29.6 Å². The number of carbonyl (C=O) groups is 5. The lowest BCUT2D eigenvalue weighted by atomic mass is 9.72. The van der Waals surface area contributed by atoms with Gasteiger partial charge in [0.05, 0.1) is 13.2 Å². The monoisotopic (exact) mass is 797 g/mol. The third-order valence-corrected chi connectivity index (χ3v) is 13.2. The van der Waals surface area contributed by atoms with E-state index < -0.39 is 11.9 Å². The number of rotatable bonds is 6. The summed E-state index contributed by atoms with van der Waals surface area (Å²) in [5.74, 6) is 0.461. The molecule has 6 aliphatic rings. The largest absolute Gasteiger partial charge is 0.508 e. The highest BCUT2D eigenvalue weighted by molar-refractivity contribution is 6.05. The number of piperidine rings is 2. The maximum absolute atomic E-state index is 13.5. The van der Waals surface area contributed by atoms with Crippen molar-refractivity contribution in [1.82, 2.24) is 20.0 Å². The molecule has 0 aromatic heterocycles. The van der Waals surface area contributed by atoms with E-state index in [9.17, 15) is 24.3 Å². The molecular weight excluding hydrogens is 751 g/mol. The Morgan fingerprint density at radius 1 is 0.864 bits per heavy atom. The SMILES string of the molecule is O=C1CCC(N2Cc3cc4c(cc3C2=O)CN(C(=O)CN2CC3(CCN(c5ccc([C@H]6c7ccc(O)cc7OC[C@H]6c6ccccc6)cc5)CC3)C2)C4)C(=O)N1.O=CO. The maximum Gasteiger partial charge on any atom is 0.290 e. The average molecular weight is 798 g/mol. The lowest BCUT2D eigenvalue weighted by Crippen LogP contribution is -2.61. The Hall–Kier alpha value is -6.21. The summed E-state index contributed by atoms with van der Waals surface area (Å²) in [6.45, 7) is 5.90. The number of benzene rings is 4. The summed E-state index contributed by atoms with van der Waals surface area (Å²) in [6, 6.07) is 28.3. The second-order valence-electron chi connectivity index (χ2n) is 16.8. The minimum atomic E-state index is -0.632. The van der Waals surface area contributed by atoms with Gasteiger partial charge in [-0.3, -0.25) is 34.2 Å². The zero-order valence-corrected chi connectivity index (χ0v) is 32.7. The summed E-state index contributed by atoms with van der Waals surface area (Å²) in [7, 11) is 0. The van der Waals surface area contributed by atoms with Crippen molar-refractivity contribution in [2.45, 2.75) is 63.2 Å². The number of anilines is 1. The number of hydrogen-bond acceptors (Lipinski definition) is 9. The molecule has 3 fully saturated rings. The van der Waals surface area contributed by atoms with Crippen LogP contribution in [0.5, 0.6) is 11.5 Å². The first-order valence-electron chi connectivity index (χ1n) is 20.3. The molecule has 6 aliphatic heterocycles. The fourth-order valence-corrected chi connectivity index (χ4v) is 10.2. The number of hydrogen-bond donors (Lipinski definition) is 3. The highest BCUT2D eigenvalue weighted by atomic mass is 16.5. The lowest BCUT2D eigenvalue weighted by Gasteiger charge is -2.54. The number of ether oxygens (including phenoxy) is 1. The normalized spacial score (nSPS) is 22.9. The van der Waals surface area contributed by atoms with Crippen LogP contribution >= 0.6 is 0 Å². The molecule has 6 heterocycles. The van der Waals surface area contributed by atoms with Gasteiger partial charge in [-0.2, -0.15) is 0 Å². The molecule has 0 aliphatic carbocycles. The van der Waals surface area contributed by atoms with Crippen LogP contribution in [-0.2, 0) is 38.8 Å². The highest BCUT2D eigenvalue weighted by Gasteiger charge is 2.46. The van der Waals surface area contributed by atoms with Crippen LogP contribution in [0.3, 0.4) is 0 Å². The van der Waals surface area contributed by atoms with Gasteiger partial charge in [-0.15, -0.1) is 0 Å². The minimum absolute atomic E-state index is 0.113. The number of phenols is 1. The third kappa shape index (κ3) is 7.28. The summed E-state index contributed by atoms with van der Waals surface area (Å²) in [4.78, 5) is 67.5. The van der Waals surface area contributed by atoms with Crippen molar-refractivity contribution in [2.75, 3.05) is 44.2 Å². The summed E-state index contributed by atoms with van der Waals surface area (Å²) < 4.78 is 6.17. The smallest absolute Gasteiger partial charge is 0.290 e. The molecular formula is C46H47N5O8. The zero-order chi connectivity index (χ0) is 40.8. The van der Waals surface area contributed by atoms with Crippen LogP contribution < -0.4 is 15.0 Å². The van der Waals surface area contributed by atoms with Crippen molar-refractivity contribution >= 4 is 35.8 Å². The Kier molecular flexibility index (Phi) is 10.1. The molecule has 1 unspecified atom stereocenters. The van der Waals surface area contributed by atoms with E-state index in [1.807, 2.05) is 29.2 Å². The van der Waals surface area contributed by atoms with Gasteiger partial charge in [-0.25, -0.2) is 0 Å². The second kappa shape index (κ2) is 15.5. The van der Waals surface area contributed by atoms with Crippen LogP contribution in [0.1, 0.15) is 81.3 Å². The number of imide groups is 1. The molecule has 3 N–H and O–H groups in total. The number of amides is 4. The van der Waals surface area contributed by atoms with Gasteiger partial charge in [0.15, 0.2) is 0 Å². The molecule has 3 atom stereocenters. The van der Waals surface area contributed by atoms with Gasteiger partial charge in [0, 0.05) is 87.0 Å². The van der Waals surface area contributed by atoms with Crippen LogP contribution in [0.4, 0.5) is 5.69 Å². The first kappa shape index (κ1) is 38.3. The molecule has 0 bridgehead atoms. The number of likely N-dealkylation sites (tertiary alicyclic amines) is 1. The van der Waals surface area contributed by atoms with Crippen molar-refractivity contribution < 1.29 is 38.9 Å². The van der Waals surface area contributed by atoms with Crippen LogP contribution in [-0.4, -0.2) is 100 Å². The fourth-order valence-electron chi connectivity index (χ4n) is 10.2. The van der Waals surface area contributed by atoms with Gasteiger partial charge in [-0.1, -0.05) is 54.6 Å². The van der Waals surface area contributed by atoms with Crippen molar-refractivity contribution in [2.24, 2.45) is 5.41 Å². The van der Waals surface area contributed by atoms with E-state index in [0.29, 0.717) is 44.8 Å². The molecule has 13 heteroatoms. The summed E-state index contributed by atoms with van der Waals surface area (Å²) in [5.41, 5.74) is 8.58. The van der Waals surface area contributed by atoms with E-state index in [-0.39, 0.29) is 53.6 Å². The summed E-state index contributed by atoms with van der Waals surface area (Å²) in [5, 5.41) is 19.4. The van der Waals surface area contributed by atoms with Crippen molar-refractivity contribution in [3.05, 3.63) is 124 Å². The molecule has 4 amide bonds. The maximum atomic E-state index is 13.5. The first-order chi connectivity index (χ1) is 28.6. The van der Waals surface area contributed by atoms with E-state index in [2.05, 4.69) is 63.6 Å². The Labute approximate surface area is 342 Å². The Morgan fingerprint density at radius 2 is 1.58 bits per heavy atom. The quantitative estimate of drug-likeness (QED) is 0.186. The van der Waals surface area contributed by atoms with Gasteiger partial charge in [-0.05, 0) is 76.8 Å². The molecule has 1 spiro atoms. The van der Waals surface area contributed by atoms with Crippen molar-refractivity contribution in [3.63, 3.8) is 0 Å². The molecule has 4 aromatic carbocycles. The van der Waals surface area contributed by atoms with E-state index in [1.165, 1.54) is 16.8 Å². The topological polar surface area (TPSA) is 160 Å². The summed E-state index contributed by atoms with van der Waals surface area (Å²) >= 11 is 0. The standard InChI is InChI=1S/C45H45N5O6.CH2O2/c51-34-10-11-35-39(20-34)56-25-37(28-4-2-1-3-5-28)42(35)29-6-8-33(9-7-29)48-16-14-45(15-17-48)26-47(27-45)24-41(53)49-21-30-18-32-23-50(38-12-13-40(52)46-43(38)54)44(55)36(32)19-31(30)22-49;2-1-3/h1-11,18-20,37-38,42,51H,12-17,21-27H2,(H,46,52,54);1H,(H,2,3)/t37-,38?,42-;/m0./s1. The van der Waals surface area contributed by atoms with Crippen molar-refractivity contribution in [3.8, 4) is 11.5 Å². The average Bonchev–Trinajstić information content (AvgIpc) is 3.79. The van der Waals surface area contributed by atoms with Crippen LogP contribution in [0.2, 0.25) is 0 Å². The van der Waals surface area contributed by atoms with Crippen LogP contribution in [0.25, 0.3) is 0 Å². The molecule has 0 radical (unpaired) electrons. The Bertz CT molecular complexity index is 2300. The van der Waals surface area contributed by atoms with E-state index in [1.54, 1.807) is 17.0 Å². The van der Waals surface area contributed by atoms with Crippen LogP contribution in [0.15, 0.2) is 84.9 Å². The van der Waals surface area contributed by atoms with Crippen LogP contribution in [0, 0.1) is 5.41 Å². The molecule has 4 aromatic rings. The molecule has 10 rings (SSSR count). The number of nitrogens with zero attached hydrogens (tertiary/aromatic N) is 4. The number of carboxylic acid groups (broad SMARTS) is 1. The van der Waals surface area contributed by atoms with Gasteiger partial charge in [0.1, 0.15) is 17.5 Å². The van der Waals surface area contributed by atoms with Gasteiger partial charge in [0.2, 0.25) is 17.7 Å². The molecule has 0 saturated carbocycles. The number of fused-ring (bicyclic) bond motifs is 3. The number of phenolic OH excluding ortho intramolecular Hbond substituents is 1. The minimum Gasteiger partial charge on any atom is -0.508 e. The van der Waals surface area contributed by atoms with Crippen molar-refractivity contribution in [1.29, 1.82) is 0 Å². The fraction of sp³-hybridized carbons (Fsp3) is 0.370. The number of carbonyl (C=O) groups excluding carboxylic acids is 4. The number of aromatic hydroxyl groups is 1. The molecule has 59 heavy (non-hydrogen) atoms. The third-order valence-electron chi connectivity index (χ3n) is 13.2. The molecule has 3 saturated heterocycles. The zero-order valence-electron chi connectivity index (χ0n) is 32.7. The number of nitrogens with one attached hydrogen (secondary N) is 1. The molecule has 13 nitrogen and oxygen atoms in total. The highest BCUT2D eigenvalue weighted by Crippen LogP contribution is 2.48. The predicted molar refractivity (Wildman–Crippen MR) is 217 cm³/mol. The Morgan fingerprint density at radius 3 is 2.29 bits per heavy atom. The molecule has 304 valence electrons. The van der Waals surface area contributed by atoms with E-state index in [4.69, 9.17) is 14.6 Å².